The molecule has 2 aliphatic carbocycles. The Balaban J connectivity index is 1.97. The summed E-state index contributed by atoms with van der Waals surface area (Å²) in [7, 11) is 0. The van der Waals surface area contributed by atoms with E-state index in [1.807, 2.05) is 0 Å². The predicted molar refractivity (Wildman–Crippen MR) is 100 cm³/mol. The number of aromatic hydroxyl groups is 2. The van der Waals surface area contributed by atoms with Crippen molar-refractivity contribution in [2.75, 3.05) is 0 Å². The number of allylic oxidation sites excluding steroid dienone is 1. The molecule has 3 atom stereocenters. The minimum absolute atomic E-state index is 0.0812. The number of rotatable bonds is 3. The first kappa shape index (κ1) is 18.3. The Morgan fingerprint density at radius 2 is 1.76 bits per heavy atom. The number of hydrogen-bond donors (Lipinski definition) is 3. The second kappa shape index (κ2) is 6.35. The van der Waals surface area contributed by atoms with Gasteiger partial charge in [-0.05, 0) is 72.5 Å². The molecule has 2 saturated carbocycles. The van der Waals surface area contributed by atoms with Crippen molar-refractivity contribution in [1.82, 2.24) is 0 Å². The summed E-state index contributed by atoms with van der Waals surface area (Å²) in [4.78, 5) is 0. The Morgan fingerprint density at radius 3 is 2.36 bits per heavy atom. The Labute approximate surface area is 151 Å². The largest absolute Gasteiger partial charge is 0.508 e. The average Bonchev–Trinajstić information content (AvgIpc) is 2.51. The molecule has 25 heavy (non-hydrogen) atoms. The fraction of sp³-hybridized carbons (Fsp3) is 0.636. The zero-order valence-electron chi connectivity index (χ0n) is 15.8. The maximum atomic E-state index is 10.4. The molecule has 0 radical (unpaired) electrons. The molecule has 0 unspecified atom stereocenters. The van der Waals surface area contributed by atoms with E-state index in [0.29, 0.717) is 28.9 Å². The first-order chi connectivity index (χ1) is 11.7. The van der Waals surface area contributed by atoms with Gasteiger partial charge in [0.15, 0.2) is 0 Å². The fourth-order valence-corrected chi connectivity index (χ4v) is 5.85. The van der Waals surface area contributed by atoms with Crippen LogP contribution in [0, 0.1) is 22.7 Å². The standard InChI is InChI=1S/C22H32O3/c1-14-6-7-20-21(2,3)8-5-9-22(20,4)17(14)12-16-18(24)10-15(13-23)11-19(16)25/h10-11,17,20,23-25H,1,5-9,12-13H2,2-4H3/t17-,20-,22+/m0/s1. The maximum Gasteiger partial charge on any atom is 0.122 e. The second-order valence-corrected chi connectivity index (χ2v) is 9.12. The van der Waals surface area contributed by atoms with Gasteiger partial charge in [0.2, 0.25) is 0 Å². The van der Waals surface area contributed by atoms with Crippen molar-refractivity contribution in [2.24, 2.45) is 22.7 Å². The Morgan fingerprint density at radius 1 is 1.12 bits per heavy atom. The predicted octanol–water partition coefficient (Wildman–Crippen LogP) is 4.93. The zero-order chi connectivity index (χ0) is 18.4. The number of hydrogen-bond acceptors (Lipinski definition) is 3. The topological polar surface area (TPSA) is 60.7 Å². The van der Waals surface area contributed by atoms with Crippen LogP contribution in [0.25, 0.3) is 0 Å². The molecule has 138 valence electrons. The van der Waals surface area contributed by atoms with Crippen LogP contribution in [-0.4, -0.2) is 15.3 Å². The van der Waals surface area contributed by atoms with E-state index in [0.717, 1.165) is 6.42 Å². The highest BCUT2D eigenvalue weighted by molar-refractivity contribution is 5.47. The molecule has 0 aliphatic heterocycles. The summed E-state index contributed by atoms with van der Waals surface area (Å²) in [6.45, 7) is 11.4. The van der Waals surface area contributed by atoms with E-state index < -0.39 is 0 Å². The lowest BCUT2D eigenvalue weighted by Crippen LogP contribution is -2.50. The normalized spacial score (nSPS) is 31.6. The molecular formula is C22H32O3. The van der Waals surface area contributed by atoms with Crippen LogP contribution in [0.3, 0.4) is 0 Å². The van der Waals surface area contributed by atoms with Gasteiger partial charge >= 0.3 is 0 Å². The average molecular weight is 344 g/mol. The van der Waals surface area contributed by atoms with Crippen LogP contribution in [0.2, 0.25) is 0 Å². The third kappa shape index (κ3) is 3.08. The SMILES string of the molecule is C=C1CC[C@H]2C(C)(C)CCC[C@]2(C)[C@H]1Cc1c(O)cc(CO)cc1O. The van der Waals surface area contributed by atoms with E-state index in [4.69, 9.17) is 0 Å². The minimum atomic E-state index is -0.189. The van der Waals surface area contributed by atoms with Crippen LogP contribution in [0.1, 0.15) is 64.0 Å². The molecule has 3 N–H and O–H groups in total. The Hall–Kier alpha value is -1.48. The molecule has 3 nitrogen and oxygen atoms in total. The van der Waals surface area contributed by atoms with Gasteiger partial charge in [-0.2, -0.15) is 0 Å². The zero-order valence-corrected chi connectivity index (χ0v) is 15.8. The molecule has 1 aromatic carbocycles. The maximum absolute atomic E-state index is 10.4. The fourth-order valence-electron chi connectivity index (χ4n) is 5.85. The summed E-state index contributed by atoms with van der Waals surface area (Å²) in [5, 5.41) is 30.1. The van der Waals surface area contributed by atoms with Crippen LogP contribution in [0.4, 0.5) is 0 Å². The van der Waals surface area contributed by atoms with Crippen molar-refractivity contribution in [3.63, 3.8) is 0 Å². The van der Waals surface area contributed by atoms with Crippen molar-refractivity contribution in [3.8, 4) is 11.5 Å². The highest BCUT2D eigenvalue weighted by atomic mass is 16.3. The first-order valence-electron chi connectivity index (χ1n) is 9.51. The molecule has 3 rings (SSSR count). The molecule has 0 bridgehead atoms. The van der Waals surface area contributed by atoms with E-state index >= 15 is 0 Å². The van der Waals surface area contributed by atoms with Crippen molar-refractivity contribution < 1.29 is 15.3 Å². The van der Waals surface area contributed by atoms with Gasteiger partial charge in [0.1, 0.15) is 11.5 Å². The third-order valence-electron chi connectivity index (χ3n) is 7.17. The van der Waals surface area contributed by atoms with Gasteiger partial charge in [-0.15, -0.1) is 0 Å². The lowest BCUT2D eigenvalue weighted by Gasteiger charge is -2.58. The number of phenolic OH excluding ortho intramolecular Hbond substituents is 2. The van der Waals surface area contributed by atoms with Crippen molar-refractivity contribution in [3.05, 3.63) is 35.4 Å². The van der Waals surface area contributed by atoms with E-state index in [-0.39, 0.29) is 29.4 Å². The molecule has 1 aromatic rings. The summed E-state index contributed by atoms with van der Waals surface area (Å²) in [6, 6.07) is 3.12. The molecule has 2 aliphatic rings. The van der Waals surface area contributed by atoms with Crippen molar-refractivity contribution in [2.45, 2.75) is 65.9 Å². The van der Waals surface area contributed by atoms with Crippen molar-refractivity contribution >= 4 is 0 Å². The quantitative estimate of drug-likeness (QED) is 0.681. The first-order valence-corrected chi connectivity index (χ1v) is 9.51. The molecule has 0 aromatic heterocycles. The number of aliphatic hydroxyl groups excluding tert-OH is 1. The van der Waals surface area contributed by atoms with Gasteiger partial charge in [0.05, 0.1) is 6.61 Å². The summed E-state index contributed by atoms with van der Waals surface area (Å²) in [6.07, 6.45) is 6.52. The minimum Gasteiger partial charge on any atom is -0.508 e. The van der Waals surface area contributed by atoms with Gasteiger partial charge in [-0.1, -0.05) is 39.3 Å². The Bertz CT molecular complexity index is 653. The highest BCUT2D eigenvalue weighted by Gasteiger charge is 2.52. The van der Waals surface area contributed by atoms with Gasteiger partial charge < -0.3 is 15.3 Å². The van der Waals surface area contributed by atoms with Gasteiger partial charge in [0.25, 0.3) is 0 Å². The van der Waals surface area contributed by atoms with Gasteiger partial charge in [-0.25, -0.2) is 0 Å². The van der Waals surface area contributed by atoms with Crippen LogP contribution in [0.15, 0.2) is 24.3 Å². The molecule has 0 spiro atoms. The molecule has 2 fully saturated rings. The van der Waals surface area contributed by atoms with Gasteiger partial charge in [0, 0.05) is 5.56 Å². The summed E-state index contributed by atoms with van der Waals surface area (Å²) >= 11 is 0. The van der Waals surface area contributed by atoms with E-state index in [1.54, 1.807) is 12.1 Å². The van der Waals surface area contributed by atoms with Crippen LogP contribution in [0.5, 0.6) is 11.5 Å². The molecule has 3 heteroatoms. The summed E-state index contributed by atoms with van der Waals surface area (Å²) in [5.41, 5.74) is 2.86. The van der Waals surface area contributed by atoms with E-state index in [2.05, 4.69) is 27.4 Å². The van der Waals surface area contributed by atoms with Crippen LogP contribution >= 0.6 is 0 Å². The highest BCUT2D eigenvalue weighted by Crippen LogP contribution is 2.61. The monoisotopic (exact) mass is 344 g/mol. The summed E-state index contributed by atoms with van der Waals surface area (Å²) in [5.74, 6) is 1.07. The smallest absolute Gasteiger partial charge is 0.122 e. The van der Waals surface area contributed by atoms with Crippen LogP contribution in [-0.2, 0) is 13.0 Å². The molecule has 0 saturated heterocycles. The second-order valence-electron chi connectivity index (χ2n) is 9.12. The van der Waals surface area contributed by atoms with E-state index in [1.165, 1.54) is 31.3 Å². The molecule has 0 heterocycles. The molecule has 0 amide bonds. The molecular weight excluding hydrogens is 312 g/mol. The van der Waals surface area contributed by atoms with Gasteiger partial charge in [-0.3, -0.25) is 0 Å². The van der Waals surface area contributed by atoms with Crippen LogP contribution < -0.4 is 0 Å². The number of phenols is 2. The lowest BCUT2D eigenvalue weighted by molar-refractivity contribution is -0.0519. The van der Waals surface area contributed by atoms with Crippen molar-refractivity contribution in [1.29, 1.82) is 0 Å². The third-order valence-corrected chi connectivity index (χ3v) is 7.17. The number of aliphatic hydroxyl groups is 1. The number of benzene rings is 1. The summed E-state index contributed by atoms with van der Waals surface area (Å²) < 4.78 is 0. The number of fused-ring (bicyclic) bond motifs is 1. The van der Waals surface area contributed by atoms with E-state index in [9.17, 15) is 15.3 Å². The lowest BCUT2D eigenvalue weighted by atomic mass is 9.47. The Kier molecular flexibility index (Phi) is 4.65.